The van der Waals surface area contributed by atoms with Gasteiger partial charge >= 0.3 is 0 Å². The predicted octanol–water partition coefficient (Wildman–Crippen LogP) is 6.33. The maximum atomic E-state index is 13.4. The molecule has 2 aromatic heterocycles. The molecule has 0 aliphatic heterocycles. The van der Waals surface area contributed by atoms with Crippen molar-refractivity contribution < 1.29 is 9.53 Å². The number of thiazole rings is 1. The van der Waals surface area contributed by atoms with E-state index < -0.39 is 5.91 Å². The Kier molecular flexibility index (Phi) is 6.92. The normalized spacial score (nSPS) is 18.9. The Hall–Kier alpha value is -3.97. The summed E-state index contributed by atoms with van der Waals surface area (Å²) in [6, 6.07) is 20.0. The van der Waals surface area contributed by atoms with E-state index in [1.165, 1.54) is 5.57 Å². The number of benzene rings is 2. The second kappa shape index (κ2) is 10.7. The lowest BCUT2D eigenvalue weighted by molar-refractivity contribution is 0.0998. The molecule has 7 heteroatoms. The van der Waals surface area contributed by atoms with Crippen LogP contribution in [0.5, 0.6) is 0 Å². The van der Waals surface area contributed by atoms with E-state index in [9.17, 15) is 9.59 Å². The van der Waals surface area contributed by atoms with E-state index in [1.807, 2.05) is 41.0 Å². The first-order valence-electron chi connectivity index (χ1n) is 13.4. The van der Waals surface area contributed by atoms with Crippen LogP contribution in [-0.2, 0) is 4.74 Å². The molecule has 198 valence electrons. The molecule has 2 aromatic carbocycles. The van der Waals surface area contributed by atoms with E-state index in [4.69, 9.17) is 15.5 Å². The Morgan fingerprint density at radius 3 is 2.28 bits per heavy atom. The largest absolute Gasteiger partial charge is 0.501 e. The summed E-state index contributed by atoms with van der Waals surface area (Å²) in [6.45, 7) is 0. The number of nitrogens with zero attached hydrogens (tertiary/aromatic N) is 2. The Balaban J connectivity index is 1.44. The fourth-order valence-corrected chi connectivity index (χ4v) is 7.12. The summed E-state index contributed by atoms with van der Waals surface area (Å²) in [4.78, 5) is 31.5. The molecular formula is C32H31N3O3S. The number of primary amides is 1. The number of carbonyl (C=O) groups is 1. The third-order valence-electron chi connectivity index (χ3n) is 8.08. The van der Waals surface area contributed by atoms with Crippen LogP contribution in [0.1, 0.15) is 70.6 Å². The number of ether oxygens (including phenoxy) is 1. The summed E-state index contributed by atoms with van der Waals surface area (Å²) in [5, 5.41) is 0.970. The van der Waals surface area contributed by atoms with Crippen molar-refractivity contribution in [1.82, 2.24) is 9.55 Å². The highest BCUT2D eigenvalue weighted by Crippen LogP contribution is 2.48. The number of pyridine rings is 1. The van der Waals surface area contributed by atoms with Crippen molar-refractivity contribution in [3.63, 3.8) is 0 Å². The summed E-state index contributed by atoms with van der Waals surface area (Å²) in [6.07, 6.45) is 11.1. The topological polar surface area (TPSA) is 87.2 Å². The molecule has 1 fully saturated rings. The van der Waals surface area contributed by atoms with Crippen LogP contribution in [0.4, 0.5) is 0 Å². The fraction of sp³-hybridized carbons (Fsp3) is 0.281. The van der Waals surface area contributed by atoms with Gasteiger partial charge in [0, 0.05) is 18.5 Å². The van der Waals surface area contributed by atoms with E-state index in [0.717, 1.165) is 58.8 Å². The first-order valence-corrected chi connectivity index (χ1v) is 14.2. The minimum atomic E-state index is -0.737. The first kappa shape index (κ1) is 25.3. The van der Waals surface area contributed by atoms with Gasteiger partial charge in [-0.2, -0.15) is 0 Å². The number of fused-ring (bicyclic) bond motifs is 1. The lowest BCUT2D eigenvalue weighted by Crippen LogP contribution is -2.26. The molecular weight excluding hydrogens is 506 g/mol. The predicted molar refractivity (Wildman–Crippen MR) is 155 cm³/mol. The van der Waals surface area contributed by atoms with Crippen LogP contribution in [-0.4, -0.2) is 22.6 Å². The molecule has 2 unspecified atom stereocenters. The smallest absolute Gasteiger partial charge is 0.254 e. The molecule has 4 aromatic rings. The van der Waals surface area contributed by atoms with Crippen molar-refractivity contribution >= 4 is 27.6 Å². The van der Waals surface area contributed by atoms with Gasteiger partial charge in [-0.1, -0.05) is 72.3 Å². The number of methoxy groups -OCH3 is 1. The Morgan fingerprint density at radius 1 is 1.05 bits per heavy atom. The summed E-state index contributed by atoms with van der Waals surface area (Å²) in [7, 11) is 1.72. The van der Waals surface area contributed by atoms with Crippen molar-refractivity contribution in [3.05, 3.63) is 122 Å². The molecule has 0 saturated heterocycles. The number of rotatable bonds is 8. The van der Waals surface area contributed by atoms with Gasteiger partial charge in [-0.15, -0.1) is 11.3 Å². The van der Waals surface area contributed by atoms with Gasteiger partial charge < -0.3 is 15.0 Å². The molecule has 6 nitrogen and oxygen atoms in total. The van der Waals surface area contributed by atoms with Gasteiger partial charge in [-0.05, 0) is 48.8 Å². The quantitative estimate of drug-likeness (QED) is 0.285. The number of amides is 1. The zero-order valence-electron chi connectivity index (χ0n) is 21.9. The highest BCUT2D eigenvalue weighted by atomic mass is 32.1. The summed E-state index contributed by atoms with van der Waals surface area (Å²) >= 11 is 1.58. The number of hydrogen-bond acceptors (Lipinski definition) is 5. The zero-order valence-corrected chi connectivity index (χ0v) is 22.7. The first-order chi connectivity index (χ1) is 19.0. The molecule has 6 rings (SSSR count). The lowest BCUT2D eigenvalue weighted by Gasteiger charge is -2.36. The summed E-state index contributed by atoms with van der Waals surface area (Å²) < 4.78 is 7.41. The Labute approximate surface area is 231 Å². The molecule has 0 bridgehead atoms. The molecule has 39 heavy (non-hydrogen) atoms. The molecule has 2 heterocycles. The Bertz CT molecular complexity index is 1600. The zero-order chi connectivity index (χ0) is 26.9. The SMILES string of the molecule is COC1=CC=C(CC2CCC2c2nc3c(=O)c(C(N)=O)cn(C(c4ccccc4)c4ccccc4)c3s2)CC1. The van der Waals surface area contributed by atoms with E-state index in [0.29, 0.717) is 17.4 Å². The number of nitrogens with two attached hydrogens (primary N) is 1. The van der Waals surface area contributed by atoms with Crippen molar-refractivity contribution in [2.24, 2.45) is 11.7 Å². The van der Waals surface area contributed by atoms with Gasteiger partial charge in [0.15, 0.2) is 0 Å². The van der Waals surface area contributed by atoms with Gasteiger partial charge in [0.05, 0.1) is 23.9 Å². The monoisotopic (exact) mass is 537 g/mol. The van der Waals surface area contributed by atoms with E-state index >= 15 is 0 Å². The number of hydrogen-bond donors (Lipinski definition) is 1. The van der Waals surface area contributed by atoms with Crippen LogP contribution in [0.2, 0.25) is 0 Å². The maximum Gasteiger partial charge on any atom is 0.254 e. The second-order valence-corrected chi connectivity index (χ2v) is 11.4. The maximum absolute atomic E-state index is 13.4. The molecule has 2 aliphatic carbocycles. The minimum absolute atomic E-state index is 0.0329. The average Bonchev–Trinajstić information content (AvgIpc) is 3.39. The minimum Gasteiger partial charge on any atom is -0.501 e. The molecule has 0 radical (unpaired) electrons. The highest BCUT2D eigenvalue weighted by molar-refractivity contribution is 7.18. The van der Waals surface area contributed by atoms with Crippen LogP contribution in [0.25, 0.3) is 10.3 Å². The van der Waals surface area contributed by atoms with E-state index in [-0.39, 0.29) is 17.0 Å². The average molecular weight is 538 g/mol. The van der Waals surface area contributed by atoms with Gasteiger partial charge in [-0.3, -0.25) is 9.59 Å². The summed E-state index contributed by atoms with van der Waals surface area (Å²) in [5.41, 5.74) is 9.15. The third-order valence-corrected chi connectivity index (χ3v) is 9.28. The van der Waals surface area contributed by atoms with Crippen molar-refractivity contribution in [2.45, 2.75) is 44.1 Å². The van der Waals surface area contributed by atoms with Crippen molar-refractivity contribution in [2.75, 3.05) is 7.11 Å². The van der Waals surface area contributed by atoms with Gasteiger partial charge in [0.25, 0.3) is 5.91 Å². The van der Waals surface area contributed by atoms with E-state index in [2.05, 4.69) is 36.4 Å². The molecule has 1 amide bonds. The number of aromatic nitrogens is 2. The van der Waals surface area contributed by atoms with Crippen LogP contribution < -0.4 is 11.2 Å². The molecule has 0 spiro atoms. The van der Waals surface area contributed by atoms with E-state index in [1.54, 1.807) is 24.6 Å². The Morgan fingerprint density at radius 2 is 1.74 bits per heavy atom. The molecule has 2 aliphatic rings. The summed E-state index contributed by atoms with van der Waals surface area (Å²) in [5.74, 6) is 1.08. The highest BCUT2D eigenvalue weighted by Gasteiger charge is 2.36. The fourth-order valence-electron chi connectivity index (χ4n) is 5.82. The van der Waals surface area contributed by atoms with Gasteiger partial charge in [0.1, 0.15) is 15.9 Å². The molecule has 2 atom stereocenters. The number of allylic oxidation sites excluding steroid dienone is 4. The van der Waals surface area contributed by atoms with Crippen LogP contribution in [0.15, 0.2) is 95.1 Å². The second-order valence-electron chi connectivity index (χ2n) is 10.4. The molecule has 1 saturated carbocycles. The third kappa shape index (κ3) is 4.83. The van der Waals surface area contributed by atoms with Gasteiger partial charge in [0.2, 0.25) is 5.43 Å². The van der Waals surface area contributed by atoms with Crippen LogP contribution in [0, 0.1) is 5.92 Å². The van der Waals surface area contributed by atoms with Crippen LogP contribution in [0.3, 0.4) is 0 Å². The number of carbonyl (C=O) groups excluding carboxylic acids is 1. The van der Waals surface area contributed by atoms with Crippen molar-refractivity contribution in [3.8, 4) is 0 Å². The lowest BCUT2D eigenvalue weighted by atomic mass is 9.70. The van der Waals surface area contributed by atoms with Crippen molar-refractivity contribution in [1.29, 1.82) is 0 Å². The standard InChI is InChI=1S/C32H31N3O3S/c1-38-24-15-12-20(13-16-24)18-23-14-17-25(23)31-34-27-29(36)26(30(33)37)19-35(32(27)39-31)28(21-8-4-2-5-9-21)22-10-6-3-7-11-22/h2-12,15,19,23,25,28H,13-14,16-18H2,1H3,(H2,33,37). The van der Waals surface area contributed by atoms with Gasteiger partial charge in [-0.25, -0.2) is 4.98 Å². The molecule has 2 N–H and O–H groups in total. The van der Waals surface area contributed by atoms with Crippen LogP contribution >= 0.6 is 11.3 Å².